The molecule has 1 N–H and O–H groups in total. The Morgan fingerprint density at radius 3 is 2.95 bits per heavy atom. The van der Waals surface area contributed by atoms with E-state index >= 15 is 0 Å². The van der Waals surface area contributed by atoms with Crippen molar-refractivity contribution in [3.63, 3.8) is 0 Å². The van der Waals surface area contributed by atoms with Crippen LogP contribution in [0.1, 0.15) is 22.8 Å². The van der Waals surface area contributed by atoms with Crippen molar-refractivity contribution < 1.29 is 4.79 Å². The number of pyridine rings is 1. The van der Waals surface area contributed by atoms with Gasteiger partial charge in [0.25, 0.3) is 5.91 Å². The van der Waals surface area contributed by atoms with Gasteiger partial charge >= 0.3 is 0 Å². The lowest BCUT2D eigenvalue weighted by molar-refractivity contribution is 0.0981. The van der Waals surface area contributed by atoms with Crippen LogP contribution in [0.4, 0.5) is 11.4 Å². The lowest BCUT2D eigenvalue weighted by atomic mass is 9.93. The quantitative estimate of drug-likeness (QED) is 0.920. The summed E-state index contributed by atoms with van der Waals surface area (Å²) >= 11 is 0. The zero-order chi connectivity index (χ0) is 14.8. The van der Waals surface area contributed by atoms with Gasteiger partial charge in [0.2, 0.25) is 0 Å². The summed E-state index contributed by atoms with van der Waals surface area (Å²) in [7, 11) is 1.81. The molecule has 2 heterocycles. The molecule has 0 saturated carbocycles. The smallest absolute Gasteiger partial charge is 0.260 e. The molecule has 21 heavy (non-hydrogen) atoms. The Kier molecular flexibility index (Phi) is 3.60. The van der Waals surface area contributed by atoms with Crippen LogP contribution in [0.2, 0.25) is 0 Å². The van der Waals surface area contributed by atoms with Crippen LogP contribution in [0, 0.1) is 5.92 Å². The number of carbonyl (C=O) groups excluding carboxylic acids is 1. The number of para-hydroxylation sites is 1. The van der Waals surface area contributed by atoms with Crippen molar-refractivity contribution in [1.29, 1.82) is 0 Å². The van der Waals surface area contributed by atoms with E-state index in [2.05, 4.69) is 23.3 Å². The van der Waals surface area contributed by atoms with Crippen molar-refractivity contribution in [2.24, 2.45) is 5.92 Å². The number of benzene rings is 1. The fourth-order valence-electron chi connectivity index (χ4n) is 2.91. The summed E-state index contributed by atoms with van der Waals surface area (Å²) in [4.78, 5) is 18.9. The third-order valence-corrected chi connectivity index (χ3v) is 3.91. The number of anilines is 2. The van der Waals surface area contributed by atoms with E-state index in [1.807, 2.05) is 23.1 Å². The molecule has 1 aromatic carbocycles. The number of hydrogen-bond acceptors (Lipinski definition) is 3. The molecule has 0 spiro atoms. The fraction of sp³-hybridized carbons (Fsp3) is 0.294. The molecule has 1 amide bonds. The zero-order valence-corrected chi connectivity index (χ0v) is 12.3. The van der Waals surface area contributed by atoms with Crippen LogP contribution in [-0.2, 0) is 6.42 Å². The van der Waals surface area contributed by atoms with E-state index in [0.717, 1.165) is 24.3 Å². The molecule has 1 atom stereocenters. The first kappa shape index (κ1) is 13.6. The average Bonchev–Trinajstić information content (AvgIpc) is 2.53. The third-order valence-electron chi connectivity index (χ3n) is 3.91. The average molecular weight is 281 g/mol. The van der Waals surface area contributed by atoms with Gasteiger partial charge in [0.15, 0.2) is 0 Å². The van der Waals surface area contributed by atoms with Gasteiger partial charge in [0.05, 0.1) is 17.4 Å². The monoisotopic (exact) mass is 281 g/mol. The van der Waals surface area contributed by atoms with Crippen molar-refractivity contribution in [2.75, 3.05) is 23.8 Å². The molecule has 1 aromatic heterocycles. The van der Waals surface area contributed by atoms with E-state index in [1.165, 1.54) is 5.56 Å². The first-order valence-electron chi connectivity index (χ1n) is 7.22. The Bertz CT molecular complexity index is 669. The van der Waals surface area contributed by atoms with Crippen LogP contribution in [0.3, 0.4) is 0 Å². The molecule has 1 unspecified atom stereocenters. The highest BCUT2D eigenvalue weighted by molar-refractivity contribution is 6.10. The van der Waals surface area contributed by atoms with Crippen molar-refractivity contribution in [2.45, 2.75) is 13.3 Å². The number of nitrogens with zero attached hydrogens (tertiary/aromatic N) is 2. The van der Waals surface area contributed by atoms with Crippen LogP contribution in [0.25, 0.3) is 0 Å². The van der Waals surface area contributed by atoms with Gasteiger partial charge in [-0.15, -0.1) is 0 Å². The number of fused-ring (bicyclic) bond motifs is 1. The van der Waals surface area contributed by atoms with Gasteiger partial charge in [-0.25, -0.2) is 0 Å². The molecule has 2 aromatic rings. The topological polar surface area (TPSA) is 45.2 Å². The summed E-state index contributed by atoms with van der Waals surface area (Å²) in [5.74, 6) is 0.490. The van der Waals surface area contributed by atoms with Crippen LogP contribution in [0.5, 0.6) is 0 Å². The Balaban J connectivity index is 2.02. The van der Waals surface area contributed by atoms with Gasteiger partial charge < -0.3 is 10.2 Å². The first-order valence-corrected chi connectivity index (χ1v) is 7.22. The second-order valence-electron chi connectivity index (χ2n) is 5.53. The minimum Gasteiger partial charge on any atom is -0.386 e. The molecular weight excluding hydrogens is 262 g/mol. The minimum atomic E-state index is 0.0285. The number of hydrogen-bond donors (Lipinski definition) is 1. The molecule has 108 valence electrons. The molecule has 4 nitrogen and oxygen atoms in total. The van der Waals surface area contributed by atoms with Gasteiger partial charge in [0, 0.05) is 25.5 Å². The van der Waals surface area contributed by atoms with Gasteiger partial charge in [-0.3, -0.25) is 9.78 Å². The molecule has 0 saturated heterocycles. The van der Waals surface area contributed by atoms with Crippen LogP contribution < -0.4 is 10.2 Å². The molecule has 4 heteroatoms. The first-order chi connectivity index (χ1) is 10.2. The van der Waals surface area contributed by atoms with Crippen LogP contribution in [0.15, 0.2) is 42.7 Å². The summed E-state index contributed by atoms with van der Waals surface area (Å²) in [5, 5.41) is 3.04. The normalized spacial score (nSPS) is 17.2. The summed E-state index contributed by atoms with van der Waals surface area (Å²) in [6.45, 7) is 2.93. The third kappa shape index (κ3) is 2.49. The molecule has 3 rings (SSSR count). The SMILES string of the molecule is CNc1cnccc1C(=O)N1CC(C)Cc2ccccc21. The predicted octanol–water partition coefficient (Wildman–Crippen LogP) is 2.96. The Labute approximate surface area is 124 Å². The van der Waals surface area contributed by atoms with E-state index in [9.17, 15) is 4.79 Å². The number of amides is 1. The van der Waals surface area contributed by atoms with Crippen LogP contribution in [-0.4, -0.2) is 24.5 Å². The standard InChI is InChI=1S/C17H19N3O/c1-12-9-13-5-3-4-6-16(13)20(11-12)17(21)14-7-8-19-10-15(14)18-2/h3-8,10,12,18H,9,11H2,1-2H3. The Morgan fingerprint density at radius 1 is 1.33 bits per heavy atom. The summed E-state index contributed by atoms with van der Waals surface area (Å²) in [6.07, 6.45) is 4.37. The highest BCUT2D eigenvalue weighted by Crippen LogP contribution is 2.31. The summed E-state index contributed by atoms with van der Waals surface area (Å²) < 4.78 is 0. The van der Waals surface area contributed by atoms with E-state index in [0.29, 0.717) is 11.5 Å². The zero-order valence-electron chi connectivity index (χ0n) is 12.3. The largest absolute Gasteiger partial charge is 0.386 e. The molecular formula is C17H19N3O. The minimum absolute atomic E-state index is 0.0285. The Morgan fingerprint density at radius 2 is 2.14 bits per heavy atom. The highest BCUT2D eigenvalue weighted by Gasteiger charge is 2.27. The van der Waals surface area contributed by atoms with Gasteiger partial charge in [-0.2, -0.15) is 0 Å². The van der Waals surface area contributed by atoms with Gasteiger partial charge in [0.1, 0.15) is 0 Å². The van der Waals surface area contributed by atoms with E-state index in [4.69, 9.17) is 0 Å². The van der Waals surface area contributed by atoms with Crippen molar-refractivity contribution >= 4 is 17.3 Å². The molecule has 0 radical (unpaired) electrons. The van der Waals surface area contributed by atoms with Gasteiger partial charge in [-0.05, 0) is 30.0 Å². The maximum atomic E-state index is 12.9. The van der Waals surface area contributed by atoms with Crippen molar-refractivity contribution in [3.8, 4) is 0 Å². The van der Waals surface area contributed by atoms with E-state index in [-0.39, 0.29) is 5.91 Å². The number of aromatic nitrogens is 1. The second-order valence-corrected chi connectivity index (χ2v) is 5.53. The van der Waals surface area contributed by atoms with Gasteiger partial charge in [-0.1, -0.05) is 25.1 Å². The van der Waals surface area contributed by atoms with Crippen molar-refractivity contribution in [3.05, 3.63) is 53.9 Å². The highest BCUT2D eigenvalue weighted by atomic mass is 16.2. The molecule has 1 aliphatic heterocycles. The van der Waals surface area contributed by atoms with Crippen molar-refractivity contribution in [1.82, 2.24) is 4.98 Å². The fourth-order valence-corrected chi connectivity index (χ4v) is 2.91. The Hall–Kier alpha value is -2.36. The predicted molar refractivity (Wildman–Crippen MR) is 84.8 cm³/mol. The van der Waals surface area contributed by atoms with Crippen LogP contribution >= 0.6 is 0 Å². The number of carbonyl (C=O) groups is 1. The van der Waals surface area contributed by atoms with E-state index in [1.54, 1.807) is 25.5 Å². The van der Waals surface area contributed by atoms with E-state index < -0.39 is 0 Å². The maximum absolute atomic E-state index is 12.9. The molecule has 0 aliphatic carbocycles. The summed E-state index contributed by atoms with van der Waals surface area (Å²) in [6, 6.07) is 9.93. The summed E-state index contributed by atoms with van der Waals surface area (Å²) in [5.41, 5.74) is 3.69. The number of rotatable bonds is 2. The molecule has 0 fully saturated rings. The lowest BCUT2D eigenvalue weighted by Crippen LogP contribution is -2.39. The molecule has 0 bridgehead atoms. The maximum Gasteiger partial charge on any atom is 0.260 e. The molecule has 1 aliphatic rings. The number of nitrogens with one attached hydrogen (secondary N) is 1. The lowest BCUT2D eigenvalue weighted by Gasteiger charge is -2.33. The second kappa shape index (κ2) is 5.56.